The van der Waals surface area contributed by atoms with Gasteiger partial charge in [0.25, 0.3) is 0 Å². The molecule has 3 heteroatoms. The minimum absolute atomic E-state index is 0.155. The van der Waals surface area contributed by atoms with Gasteiger partial charge >= 0.3 is 0 Å². The van der Waals surface area contributed by atoms with Crippen molar-refractivity contribution >= 4 is 11.3 Å². The van der Waals surface area contributed by atoms with Gasteiger partial charge in [0.2, 0.25) is 0 Å². The fraction of sp³-hybridized carbons (Fsp3) is 0.333. The zero-order valence-corrected chi connectivity index (χ0v) is 11.3. The van der Waals surface area contributed by atoms with Crippen molar-refractivity contribution < 1.29 is 4.39 Å². The fourth-order valence-electron chi connectivity index (χ4n) is 2.02. The monoisotopic (exact) mass is 263 g/mol. The maximum absolute atomic E-state index is 13.0. The molecule has 0 aliphatic rings. The summed E-state index contributed by atoms with van der Waals surface area (Å²) in [5.74, 6) is -0.155. The molecule has 1 aromatic carbocycles. The van der Waals surface area contributed by atoms with Crippen LogP contribution in [0.2, 0.25) is 0 Å². The van der Waals surface area contributed by atoms with Gasteiger partial charge in [0.15, 0.2) is 0 Å². The highest BCUT2D eigenvalue weighted by atomic mass is 32.1. The second-order valence-corrected chi connectivity index (χ2v) is 5.29. The molecule has 1 aromatic heterocycles. The molecular formula is C15H18FNS. The molecule has 0 bridgehead atoms. The minimum atomic E-state index is -0.155. The van der Waals surface area contributed by atoms with Gasteiger partial charge < -0.3 is 5.32 Å². The smallest absolute Gasteiger partial charge is 0.123 e. The Bertz CT molecular complexity index is 467. The SMILES string of the molecule is CCC(NCCc1cccc(F)c1)c1cccs1. The highest BCUT2D eigenvalue weighted by molar-refractivity contribution is 7.10. The van der Waals surface area contributed by atoms with Crippen LogP contribution in [0.15, 0.2) is 41.8 Å². The van der Waals surface area contributed by atoms with E-state index >= 15 is 0 Å². The molecule has 1 atom stereocenters. The van der Waals surface area contributed by atoms with Crippen molar-refractivity contribution in [3.8, 4) is 0 Å². The van der Waals surface area contributed by atoms with Crippen LogP contribution in [-0.2, 0) is 6.42 Å². The summed E-state index contributed by atoms with van der Waals surface area (Å²) in [6.07, 6.45) is 1.93. The molecule has 0 aliphatic carbocycles. The van der Waals surface area contributed by atoms with Crippen LogP contribution in [0.3, 0.4) is 0 Å². The van der Waals surface area contributed by atoms with E-state index in [-0.39, 0.29) is 5.82 Å². The molecule has 0 radical (unpaired) electrons. The number of thiophene rings is 1. The van der Waals surface area contributed by atoms with Crippen molar-refractivity contribution in [3.63, 3.8) is 0 Å². The summed E-state index contributed by atoms with van der Waals surface area (Å²) in [5, 5.41) is 5.63. The normalized spacial score (nSPS) is 12.6. The Morgan fingerprint density at radius 2 is 2.17 bits per heavy atom. The third kappa shape index (κ3) is 3.65. The molecule has 0 saturated heterocycles. The summed E-state index contributed by atoms with van der Waals surface area (Å²) in [5.41, 5.74) is 1.04. The Morgan fingerprint density at radius 3 is 2.83 bits per heavy atom. The van der Waals surface area contributed by atoms with Gasteiger partial charge in [0, 0.05) is 10.9 Å². The molecule has 0 aliphatic heterocycles. The molecule has 2 rings (SSSR count). The molecule has 0 amide bonds. The zero-order chi connectivity index (χ0) is 12.8. The Hall–Kier alpha value is -1.19. The highest BCUT2D eigenvalue weighted by Crippen LogP contribution is 2.21. The molecule has 96 valence electrons. The van der Waals surface area contributed by atoms with Gasteiger partial charge in [-0.1, -0.05) is 25.1 Å². The van der Waals surface area contributed by atoms with E-state index in [0.717, 1.165) is 24.9 Å². The van der Waals surface area contributed by atoms with Crippen LogP contribution in [0.4, 0.5) is 4.39 Å². The number of hydrogen-bond donors (Lipinski definition) is 1. The summed E-state index contributed by atoms with van der Waals surface area (Å²) in [4.78, 5) is 1.37. The second-order valence-electron chi connectivity index (χ2n) is 4.31. The topological polar surface area (TPSA) is 12.0 Å². The van der Waals surface area contributed by atoms with Crippen LogP contribution < -0.4 is 5.32 Å². The largest absolute Gasteiger partial charge is 0.309 e. The van der Waals surface area contributed by atoms with E-state index in [1.165, 1.54) is 10.9 Å². The Labute approximate surface area is 112 Å². The molecule has 1 unspecified atom stereocenters. The Kier molecular flexibility index (Phi) is 4.90. The summed E-state index contributed by atoms with van der Waals surface area (Å²) in [7, 11) is 0. The third-order valence-electron chi connectivity index (χ3n) is 2.99. The molecule has 0 fully saturated rings. The first-order valence-electron chi connectivity index (χ1n) is 6.31. The van der Waals surface area contributed by atoms with Crippen LogP contribution in [-0.4, -0.2) is 6.54 Å². The molecule has 18 heavy (non-hydrogen) atoms. The number of hydrogen-bond acceptors (Lipinski definition) is 2. The van der Waals surface area contributed by atoms with E-state index in [1.54, 1.807) is 23.5 Å². The summed E-state index contributed by atoms with van der Waals surface area (Å²) in [6, 6.07) is 11.5. The Morgan fingerprint density at radius 1 is 1.28 bits per heavy atom. The molecule has 1 heterocycles. The van der Waals surface area contributed by atoms with Crippen molar-refractivity contribution in [2.45, 2.75) is 25.8 Å². The number of nitrogens with one attached hydrogen (secondary N) is 1. The van der Waals surface area contributed by atoms with E-state index < -0.39 is 0 Å². The first-order chi connectivity index (χ1) is 8.79. The van der Waals surface area contributed by atoms with Gasteiger partial charge in [-0.15, -0.1) is 11.3 Å². The van der Waals surface area contributed by atoms with Gasteiger partial charge in [-0.2, -0.15) is 0 Å². The summed E-state index contributed by atoms with van der Waals surface area (Å²) in [6.45, 7) is 3.05. The van der Waals surface area contributed by atoms with E-state index in [4.69, 9.17) is 0 Å². The number of rotatable bonds is 6. The molecule has 0 saturated carbocycles. The average Bonchev–Trinajstić information content (AvgIpc) is 2.88. The molecule has 0 spiro atoms. The maximum Gasteiger partial charge on any atom is 0.123 e. The van der Waals surface area contributed by atoms with Crippen LogP contribution in [0, 0.1) is 5.82 Å². The van der Waals surface area contributed by atoms with Crippen LogP contribution in [0.5, 0.6) is 0 Å². The van der Waals surface area contributed by atoms with Gasteiger partial charge in [0.05, 0.1) is 0 Å². The lowest BCUT2D eigenvalue weighted by molar-refractivity contribution is 0.529. The van der Waals surface area contributed by atoms with Crippen molar-refractivity contribution in [3.05, 3.63) is 58.0 Å². The van der Waals surface area contributed by atoms with Gasteiger partial charge in [-0.25, -0.2) is 4.39 Å². The van der Waals surface area contributed by atoms with Crippen molar-refractivity contribution in [1.29, 1.82) is 0 Å². The maximum atomic E-state index is 13.0. The van der Waals surface area contributed by atoms with Gasteiger partial charge in [0.1, 0.15) is 5.82 Å². The predicted octanol–water partition coefficient (Wildman–Crippen LogP) is 4.17. The summed E-state index contributed by atoms with van der Waals surface area (Å²) < 4.78 is 13.0. The van der Waals surface area contributed by atoms with Crippen LogP contribution in [0.1, 0.15) is 29.8 Å². The first kappa shape index (κ1) is 13.2. The number of benzene rings is 1. The molecular weight excluding hydrogens is 245 g/mol. The lowest BCUT2D eigenvalue weighted by atomic mass is 10.1. The predicted molar refractivity (Wildman–Crippen MR) is 75.5 cm³/mol. The van der Waals surface area contributed by atoms with E-state index in [9.17, 15) is 4.39 Å². The Balaban J connectivity index is 1.84. The lowest BCUT2D eigenvalue weighted by Crippen LogP contribution is -2.22. The molecule has 2 aromatic rings. The van der Waals surface area contributed by atoms with Crippen LogP contribution in [0.25, 0.3) is 0 Å². The van der Waals surface area contributed by atoms with Gasteiger partial charge in [-0.3, -0.25) is 0 Å². The zero-order valence-electron chi connectivity index (χ0n) is 10.5. The lowest BCUT2D eigenvalue weighted by Gasteiger charge is -2.15. The standard InChI is InChI=1S/C15H18FNS/c1-2-14(15-7-4-10-18-15)17-9-8-12-5-3-6-13(16)11-12/h3-7,10-11,14,17H,2,8-9H2,1H3. The number of halogens is 1. The summed E-state index contributed by atoms with van der Waals surface area (Å²) >= 11 is 1.78. The highest BCUT2D eigenvalue weighted by Gasteiger charge is 2.08. The van der Waals surface area contributed by atoms with E-state index in [0.29, 0.717) is 6.04 Å². The van der Waals surface area contributed by atoms with Crippen LogP contribution >= 0.6 is 11.3 Å². The minimum Gasteiger partial charge on any atom is -0.309 e. The molecule has 1 N–H and O–H groups in total. The van der Waals surface area contributed by atoms with Gasteiger partial charge in [-0.05, 0) is 48.5 Å². The quantitative estimate of drug-likeness (QED) is 0.824. The fourth-order valence-corrected chi connectivity index (χ4v) is 2.90. The van der Waals surface area contributed by atoms with E-state index in [1.807, 2.05) is 6.07 Å². The van der Waals surface area contributed by atoms with E-state index in [2.05, 4.69) is 29.8 Å². The third-order valence-corrected chi connectivity index (χ3v) is 3.97. The molecule has 1 nitrogen and oxygen atoms in total. The van der Waals surface area contributed by atoms with Crippen molar-refractivity contribution in [2.75, 3.05) is 6.54 Å². The first-order valence-corrected chi connectivity index (χ1v) is 7.18. The second kappa shape index (κ2) is 6.66. The van der Waals surface area contributed by atoms with Crippen molar-refractivity contribution in [2.24, 2.45) is 0 Å². The average molecular weight is 263 g/mol. The van der Waals surface area contributed by atoms with Crippen molar-refractivity contribution in [1.82, 2.24) is 5.32 Å².